The van der Waals surface area contributed by atoms with E-state index in [-0.39, 0.29) is 11.0 Å². The Morgan fingerprint density at radius 2 is 2.37 bits per heavy atom. The summed E-state index contributed by atoms with van der Waals surface area (Å²) in [5, 5.41) is 10.7. The van der Waals surface area contributed by atoms with Crippen molar-refractivity contribution in [2.45, 2.75) is 45.3 Å². The highest BCUT2D eigenvalue weighted by Crippen LogP contribution is 2.21. The molecule has 2 atom stereocenters. The number of allylic oxidation sites excluding steroid dienone is 3. The molecule has 0 fully saturated rings. The van der Waals surface area contributed by atoms with Crippen LogP contribution in [0.2, 0.25) is 0 Å². The first-order valence-corrected chi connectivity index (χ1v) is 6.37. The second-order valence-electron chi connectivity index (χ2n) is 4.50. The lowest BCUT2D eigenvalue weighted by Crippen LogP contribution is -2.22. The van der Waals surface area contributed by atoms with E-state index < -0.39 is 12.0 Å². The third kappa shape index (κ3) is 5.50. The van der Waals surface area contributed by atoms with Crippen LogP contribution in [0.25, 0.3) is 0 Å². The van der Waals surface area contributed by atoms with E-state index in [1.54, 1.807) is 19.1 Å². The summed E-state index contributed by atoms with van der Waals surface area (Å²) in [6.45, 7) is 3.62. The molecule has 1 aliphatic carbocycles. The van der Waals surface area contributed by atoms with Crippen LogP contribution in [-0.4, -0.2) is 23.0 Å². The van der Waals surface area contributed by atoms with Gasteiger partial charge in [-0.25, -0.2) is 4.79 Å². The minimum absolute atomic E-state index is 0.257. The molecule has 5 heteroatoms. The summed E-state index contributed by atoms with van der Waals surface area (Å²) in [7, 11) is 0. The lowest BCUT2D eigenvalue weighted by molar-refractivity contribution is -0.523. The summed E-state index contributed by atoms with van der Waals surface area (Å²) >= 11 is 0. The van der Waals surface area contributed by atoms with Crippen molar-refractivity contribution in [2.24, 2.45) is 0 Å². The van der Waals surface area contributed by atoms with Crippen molar-refractivity contribution in [1.82, 2.24) is 0 Å². The standard InChI is InChI=1S/C14H19NO4/c1-3-5-11(2)19-14(16)9-8-12-6-4-7-13(10-12)15(17)18/h3,5-6,8-9,11,13H,4,7,10H2,1-2H3/b5-3-,9-8+. The van der Waals surface area contributed by atoms with Gasteiger partial charge < -0.3 is 4.74 Å². The Labute approximate surface area is 112 Å². The van der Waals surface area contributed by atoms with E-state index in [1.807, 2.05) is 19.1 Å². The fraction of sp³-hybridized carbons (Fsp3) is 0.500. The molecule has 0 saturated carbocycles. The number of hydrogen-bond donors (Lipinski definition) is 0. The van der Waals surface area contributed by atoms with Crippen LogP contribution >= 0.6 is 0 Å². The average Bonchev–Trinajstić information content (AvgIpc) is 2.37. The summed E-state index contributed by atoms with van der Waals surface area (Å²) in [4.78, 5) is 21.9. The highest BCUT2D eigenvalue weighted by Gasteiger charge is 2.23. The average molecular weight is 265 g/mol. The van der Waals surface area contributed by atoms with Gasteiger partial charge in [0.05, 0.1) is 0 Å². The number of nitrogens with zero attached hydrogens (tertiary/aromatic N) is 1. The zero-order chi connectivity index (χ0) is 14.3. The maximum Gasteiger partial charge on any atom is 0.331 e. The topological polar surface area (TPSA) is 69.4 Å². The minimum Gasteiger partial charge on any atom is -0.455 e. The number of esters is 1. The molecule has 0 heterocycles. The second-order valence-corrected chi connectivity index (χ2v) is 4.50. The van der Waals surface area contributed by atoms with Crippen molar-refractivity contribution in [3.8, 4) is 0 Å². The van der Waals surface area contributed by atoms with Crippen LogP contribution in [-0.2, 0) is 9.53 Å². The van der Waals surface area contributed by atoms with Crippen molar-refractivity contribution < 1.29 is 14.5 Å². The smallest absolute Gasteiger partial charge is 0.331 e. The number of carbonyl (C=O) groups is 1. The Morgan fingerprint density at radius 3 is 3.00 bits per heavy atom. The fourth-order valence-electron chi connectivity index (χ4n) is 1.94. The summed E-state index contributed by atoms with van der Waals surface area (Å²) in [5.41, 5.74) is 0.823. The number of carbonyl (C=O) groups excluding carboxylic acids is 1. The Hall–Kier alpha value is -1.91. The summed E-state index contributed by atoms with van der Waals surface area (Å²) < 4.78 is 5.08. The highest BCUT2D eigenvalue weighted by atomic mass is 16.6. The van der Waals surface area contributed by atoms with Crippen molar-refractivity contribution in [3.63, 3.8) is 0 Å². The SMILES string of the molecule is C/C=C\C(C)OC(=O)/C=C/C1=CCCC([N+](=O)[O-])C1. The molecule has 0 N–H and O–H groups in total. The maximum atomic E-state index is 11.5. The molecule has 2 unspecified atom stereocenters. The fourth-order valence-corrected chi connectivity index (χ4v) is 1.94. The van der Waals surface area contributed by atoms with Crippen LogP contribution in [0.4, 0.5) is 0 Å². The quantitative estimate of drug-likeness (QED) is 0.252. The molecule has 104 valence electrons. The zero-order valence-electron chi connectivity index (χ0n) is 11.2. The molecule has 0 saturated heterocycles. The van der Waals surface area contributed by atoms with Gasteiger partial charge in [-0.05, 0) is 31.9 Å². The predicted octanol–water partition coefficient (Wildman–Crippen LogP) is 2.81. The van der Waals surface area contributed by atoms with Gasteiger partial charge in [0.1, 0.15) is 6.10 Å². The lowest BCUT2D eigenvalue weighted by Gasteiger charge is -2.14. The number of rotatable bonds is 5. The second kappa shape index (κ2) is 7.51. The number of nitro groups is 1. The van der Waals surface area contributed by atoms with Crippen LogP contribution in [0, 0.1) is 10.1 Å². The van der Waals surface area contributed by atoms with Crippen molar-refractivity contribution in [3.05, 3.63) is 46.1 Å². The molecule has 0 aliphatic heterocycles. The van der Waals surface area contributed by atoms with Crippen LogP contribution in [0.5, 0.6) is 0 Å². The molecule has 0 aromatic rings. The van der Waals surface area contributed by atoms with E-state index in [0.29, 0.717) is 19.3 Å². The normalized spacial score (nSPS) is 21.4. The molecular formula is C14H19NO4. The van der Waals surface area contributed by atoms with Crippen LogP contribution in [0.3, 0.4) is 0 Å². The van der Waals surface area contributed by atoms with Gasteiger partial charge in [0, 0.05) is 23.8 Å². The third-order valence-corrected chi connectivity index (χ3v) is 2.87. The number of ether oxygens (including phenoxy) is 1. The molecule has 0 bridgehead atoms. The van der Waals surface area contributed by atoms with E-state index in [1.165, 1.54) is 6.08 Å². The van der Waals surface area contributed by atoms with Gasteiger partial charge in [-0.15, -0.1) is 0 Å². The Balaban J connectivity index is 2.50. The third-order valence-electron chi connectivity index (χ3n) is 2.87. The van der Waals surface area contributed by atoms with Gasteiger partial charge in [-0.1, -0.05) is 18.2 Å². The molecule has 0 spiro atoms. The first-order chi connectivity index (χ1) is 9.02. The maximum absolute atomic E-state index is 11.5. The van der Waals surface area contributed by atoms with Gasteiger partial charge in [0.15, 0.2) is 0 Å². The molecule has 1 aliphatic rings. The van der Waals surface area contributed by atoms with Gasteiger partial charge in [-0.3, -0.25) is 10.1 Å². The van der Waals surface area contributed by atoms with Crippen LogP contribution in [0.15, 0.2) is 36.0 Å². The first kappa shape index (κ1) is 15.1. The lowest BCUT2D eigenvalue weighted by atomic mass is 9.95. The van der Waals surface area contributed by atoms with Crippen molar-refractivity contribution >= 4 is 5.97 Å². The minimum atomic E-state index is -0.539. The Kier molecular flexibility index (Phi) is 5.99. The van der Waals surface area contributed by atoms with Crippen molar-refractivity contribution in [1.29, 1.82) is 0 Å². The van der Waals surface area contributed by atoms with Gasteiger partial charge in [0.2, 0.25) is 6.04 Å². The molecule has 19 heavy (non-hydrogen) atoms. The van der Waals surface area contributed by atoms with E-state index in [4.69, 9.17) is 4.74 Å². The van der Waals surface area contributed by atoms with Crippen LogP contribution in [0.1, 0.15) is 33.1 Å². The Morgan fingerprint density at radius 1 is 1.63 bits per heavy atom. The largest absolute Gasteiger partial charge is 0.455 e. The molecule has 1 rings (SSSR count). The number of hydrogen-bond acceptors (Lipinski definition) is 4. The van der Waals surface area contributed by atoms with Gasteiger partial charge in [-0.2, -0.15) is 0 Å². The summed E-state index contributed by atoms with van der Waals surface area (Å²) in [6.07, 6.45) is 9.80. The molecule has 0 aromatic carbocycles. The summed E-state index contributed by atoms with van der Waals surface area (Å²) in [6, 6.07) is -0.539. The monoisotopic (exact) mass is 265 g/mol. The van der Waals surface area contributed by atoms with E-state index >= 15 is 0 Å². The molecule has 5 nitrogen and oxygen atoms in total. The van der Waals surface area contributed by atoms with E-state index in [2.05, 4.69) is 0 Å². The summed E-state index contributed by atoms with van der Waals surface area (Å²) in [5.74, 6) is -0.435. The van der Waals surface area contributed by atoms with E-state index in [9.17, 15) is 14.9 Å². The zero-order valence-corrected chi connectivity index (χ0v) is 11.2. The molecule has 0 radical (unpaired) electrons. The predicted molar refractivity (Wildman–Crippen MR) is 72.2 cm³/mol. The van der Waals surface area contributed by atoms with Crippen LogP contribution < -0.4 is 0 Å². The first-order valence-electron chi connectivity index (χ1n) is 6.37. The Bertz CT molecular complexity index is 423. The highest BCUT2D eigenvalue weighted by molar-refractivity contribution is 5.82. The molecular weight excluding hydrogens is 246 g/mol. The van der Waals surface area contributed by atoms with Gasteiger partial charge >= 0.3 is 5.97 Å². The van der Waals surface area contributed by atoms with Gasteiger partial charge in [0.25, 0.3) is 0 Å². The van der Waals surface area contributed by atoms with Crippen molar-refractivity contribution in [2.75, 3.05) is 0 Å². The molecule has 0 aromatic heterocycles. The molecule has 0 amide bonds. The van der Waals surface area contributed by atoms with E-state index in [0.717, 1.165) is 5.57 Å².